The number of oxazole rings is 1. The minimum absolute atomic E-state index is 0.670. The number of rotatable bonds is 2. The molecule has 1 heterocycles. The molecule has 0 aliphatic rings. The minimum Gasteiger partial charge on any atom is -0.449 e. The van der Waals surface area contributed by atoms with Crippen LogP contribution in [0.4, 0.5) is 0 Å². The first-order chi connectivity index (χ1) is 4.43. The lowest BCUT2D eigenvalue weighted by molar-refractivity contribution is 0.509. The number of allylic oxidation sites excluding steroid dienone is 1. The predicted octanol–water partition coefficient (Wildman–Crippen LogP) is 0.690. The van der Waals surface area contributed by atoms with Crippen LogP contribution in [0.5, 0.6) is 0 Å². The summed E-state index contributed by atoms with van der Waals surface area (Å²) in [5.41, 5.74) is 5.10. The zero-order valence-corrected chi connectivity index (χ0v) is 4.95. The molecular formula is C6H8N2O. The van der Waals surface area contributed by atoms with Gasteiger partial charge in [0.25, 0.3) is 0 Å². The summed E-state index contributed by atoms with van der Waals surface area (Å²) in [6.45, 7) is 0. The Labute approximate surface area is 53.2 Å². The molecule has 0 radical (unpaired) electrons. The van der Waals surface area contributed by atoms with Gasteiger partial charge in [0, 0.05) is 6.42 Å². The maximum Gasteiger partial charge on any atom is 0.197 e. The van der Waals surface area contributed by atoms with E-state index in [0.29, 0.717) is 12.3 Å². The average Bonchev–Trinajstić information content (AvgIpc) is 2.34. The van der Waals surface area contributed by atoms with Gasteiger partial charge in [-0.15, -0.1) is 0 Å². The third kappa shape index (κ3) is 1.60. The van der Waals surface area contributed by atoms with E-state index in [4.69, 9.17) is 10.2 Å². The van der Waals surface area contributed by atoms with Crippen LogP contribution >= 0.6 is 0 Å². The SMILES string of the molecule is NC=CCc1ncco1. The molecule has 1 aromatic heterocycles. The van der Waals surface area contributed by atoms with Gasteiger partial charge < -0.3 is 10.2 Å². The van der Waals surface area contributed by atoms with Crippen molar-refractivity contribution in [2.24, 2.45) is 5.73 Å². The maximum atomic E-state index is 5.10. The molecule has 0 saturated heterocycles. The van der Waals surface area contributed by atoms with Crippen LogP contribution in [0.15, 0.2) is 29.2 Å². The Morgan fingerprint density at radius 3 is 3.22 bits per heavy atom. The summed E-state index contributed by atoms with van der Waals surface area (Å²) in [5, 5.41) is 0. The van der Waals surface area contributed by atoms with Gasteiger partial charge in [0.1, 0.15) is 6.26 Å². The Hall–Kier alpha value is -1.25. The van der Waals surface area contributed by atoms with Crippen molar-refractivity contribution in [1.82, 2.24) is 4.98 Å². The minimum atomic E-state index is 0.670. The van der Waals surface area contributed by atoms with E-state index in [9.17, 15) is 0 Å². The molecule has 0 unspecified atom stereocenters. The van der Waals surface area contributed by atoms with Gasteiger partial charge in [0.15, 0.2) is 5.89 Å². The average molecular weight is 124 g/mol. The molecule has 0 fully saturated rings. The fraction of sp³-hybridized carbons (Fsp3) is 0.167. The topological polar surface area (TPSA) is 52.0 Å². The van der Waals surface area contributed by atoms with Crippen LogP contribution in [0.1, 0.15) is 5.89 Å². The Kier molecular flexibility index (Phi) is 1.90. The predicted molar refractivity (Wildman–Crippen MR) is 33.5 cm³/mol. The molecule has 0 saturated carbocycles. The lowest BCUT2D eigenvalue weighted by atomic mass is 10.4. The molecule has 0 aliphatic carbocycles. The molecule has 0 aromatic carbocycles. The van der Waals surface area contributed by atoms with E-state index in [2.05, 4.69) is 4.98 Å². The number of hydrogen-bond acceptors (Lipinski definition) is 3. The molecule has 1 aromatic rings. The second-order valence-electron chi connectivity index (χ2n) is 1.56. The first kappa shape index (κ1) is 5.88. The van der Waals surface area contributed by atoms with E-state index >= 15 is 0 Å². The van der Waals surface area contributed by atoms with Crippen LogP contribution in [-0.2, 0) is 6.42 Å². The van der Waals surface area contributed by atoms with Gasteiger partial charge in [0.2, 0.25) is 0 Å². The monoisotopic (exact) mass is 124 g/mol. The third-order valence-corrected chi connectivity index (χ3v) is 0.912. The highest BCUT2D eigenvalue weighted by Crippen LogP contribution is 1.94. The smallest absolute Gasteiger partial charge is 0.197 e. The fourth-order valence-electron chi connectivity index (χ4n) is 0.523. The Morgan fingerprint density at radius 1 is 1.78 bits per heavy atom. The summed E-state index contributed by atoms with van der Waals surface area (Å²) in [6, 6.07) is 0. The number of nitrogens with zero attached hydrogens (tertiary/aromatic N) is 1. The number of aromatic nitrogens is 1. The van der Waals surface area contributed by atoms with Crippen LogP contribution in [0.2, 0.25) is 0 Å². The lowest BCUT2D eigenvalue weighted by Crippen LogP contribution is -1.81. The highest BCUT2D eigenvalue weighted by Gasteiger charge is 1.89. The highest BCUT2D eigenvalue weighted by molar-refractivity contribution is 4.90. The Balaban J connectivity index is 2.48. The molecule has 0 atom stereocenters. The van der Waals surface area contributed by atoms with Crippen molar-refractivity contribution in [3.05, 3.63) is 30.6 Å². The quantitative estimate of drug-likeness (QED) is 0.631. The van der Waals surface area contributed by atoms with Gasteiger partial charge >= 0.3 is 0 Å². The normalized spacial score (nSPS) is 10.7. The second-order valence-corrected chi connectivity index (χ2v) is 1.56. The van der Waals surface area contributed by atoms with Crippen molar-refractivity contribution in [2.45, 2.75) is 6.42 Å². The number of hydrogen-bond donors (Lipinski definition) is 1. The van der Waals surface area contributed by atoms with Crippen LogP contribution in [0, 0.1) is 0 Å². The molecular weight excluding hydrogens is 116 g/mol. The zero-order chi connectivity index (χ0) is 6.53. The molecule has 0 spiro atoms. The van der Waals surface area contributed by atoms with Crippen LogP contribution < -0.4 is 5.73 Å². The maximum absolute atomic E-state index is 5.10. The molecule has 0 aliphatic heterocycles. The Bertz CT molecular complexity index is 179. The summed E-state index contributed by atoms with van der Waals surface area (Å²) < 4.78 is 4.92. The van der Waals surface area contributed by atoms with Gasteiger partial charge in [0.05, 0.1) is 6.20 Å². The summed E-state index contributed by atoms with van der Waals surface area (Å²) in [4.78, 5) is 3.88. The van der Waals surface area contributed by atoms with E-state index in [0.717, 1.165) is 0 Å². The van der Waals surface area contributed by atoms with Gasteiger partial charge in [-0.2, -0.15) is 0 Å². The molecule has 2 N–H and O–H groups in total. The van der Waals surface area contributed by atoms with Gasteiger partial charge in [-0.05, 0) is 6.20 Å². The molecule has 1 rings (SSSR count). The summed E-state index contributed by atoms with van der Waals surface area (Å²) in [7, 11) is 0. The number of nitrogens with two attached hydrogens (primary N) is 1. The van der Waals surface area contributed by atoms with Crippen LogP contribution in [-0.4, -0.2) is 4.98 Å². The molecule has 9 heavy (non-hydrogen) atoms. The van der Waals surface area contributed by atoms with E-state index < -0.39 is 0 Å². The van der Waals surface area contributed by atoms with E-state index in [1.165, 1.54) is 6.20 Å². The van der Waals surface area contributed by atoms with E-state index in [-0.39, 0.29) is 0 Å². The van der Waals surface area contributed by atoms with Gasteiger partial charge in [-0.25, -0.2) is 4.98 Å². The third-order valence-electron chi connectivity index (χ3n) is 0.912. The molecule has 3 nitrogen and oxygen atoms in total. The first-order valence-corrected chi connectivity index (χ1v) is 2.68. The standard InChI is InChI=1S/C6H8N2O/c7-3-1-2-6-8-4-5-9-6/h1,3-5H,2,7H2. The highest BCUT2D eigenvalue weighted by atomic mass is 16.3. The lowest BCUT2D eigenvalue weighted by Gasteiger charge is -1.81. The largest absolute Gasteiger partial charge is 0.449 e. The Morgan fingerprint density at radius 2 is 2.67 bits per heavy atom. The van der Waals surface area contributed by atoms with Crippen molar-refractivity contribution >= 4 is 0 Å². The van der Waals surface area contributed by atoms with Gasteiger partial charge in [-0.1, -0.05) is 6.08 Å². The van der Waals surface area contributed by atoms with E-state index in [1.54, 1.807) is 18.5 Å². The van der Waals surface area contributed by atoms with Crippen molar-refractivity contribution < 1.29 is 4.42 Å². The molecule has 0 bridgehead atoms. The molecule has 48 valence electrons. The summed E-state index contributed by atoms with van der Waals surface area (Å²) in [5.74, 6) is 0.691. The van der Waals surface area contributed by atoms with E-state index in [1.807, 2.05) is 0 Å². The molecule has 3 heteroatoms. The zero-order valence-electron chi connectivity index (χ0n) is 4.95. The van der Waals surface area contributed by atoms with Gasteiger partial charge in [-0.3, -0.25) is 0 Å². The fourth-order valence-corrected chi connectivity index (χ4v) is 0.523. The first-order valence-electron chi connectivity index (χ1n) is 2.68. The van der Waals surface area contributed by atoms with Crippen LogP contribution in [0.25, 0.3) is 0 Å². The summed E-state index contributed by atoms with van der Waals surface area (Å²) in [6.07, 6.45) is 7.08. The summed E-state index contributed by atoms with van der Waals surface area (Å²) >= 11 is 0. The van der Waals surface area contributed by atoms with Crippen molar-refractivity contribution in [2.75, 3.05) is 0 Å². The van der Waals surface area contributed by atoms with Crippen molar-refractivity contribution in [1.29, 1.82) is 0 Å². The second kappa shape index (κ2) is 2.91. The molecule has 0 amide bonds. The van der Waals surface area contributed by atoms with Crippen LogP contribution in [0.3, 0.4) is 0 Å². The van der Waals surface area contributed by atoms with Crippen molar-refractivity contribution in [3.63, 3.8) is 0 Å². The van der Waals surface area contributed by atoms with Crippen molar-refractivity contribution in [3.8, 4) is 0 Å².